The second-order valence-electron chi connectivity index (χ2n) is 6.54. The van der Waals surface area contributed by atoms with Crippen molar-refractivity contribution in [2.24, 2.45) is 5.92 Å². The summed E-state index contributed by atoms with van der Waals surface area (Å²) < 4.78 is 10.7. The van der Waals surface area contributed by atoms with Crippen molar-refractivity contribution >= 4 is 0 Å². The van der Waals surface area contributed by atoms with E-state index in [0.29, 0.717) is 35.7 Å². The maximum atomic E-state index is 12.3. The summed E-state index contributed by atoms with van der Waals surface area (Å²) in [7, 11) is 1.60. The number of hydrogen-bond acceptors (Lipinski definition) is 5. The van der Waals surface area contributed by atoms with Gasteiger partial charge in [-0.1, -0.05) is 24.9 Å². The Balaban J connectivity index is 1.95. The zero-order valence-electron chi connectivity index (χ0n) is 13.9. The third kappa shape index (κ3) is 3.37. The van der Waals surface area contributed by atoms with Crippen molar-refractivity contribution in [3.05, 3.63) is 33.6 Å². The van der Waals surface area contributed by atoms with Gasteiger partial charge in [-0.05, 0) is 37.3 Å². The van der Waals surface area contributed by atoms with Gasteiger partial charge in [0, 0.05) is 18.7 Å². The zero-order valence-corrected chi connectivity index (χ0v) is 13.9. The largest absolute Gasteiger partial charge is 0.380 e. The summed E-state index contributed by atoms with van der Waals surface area (Å²) in [6, 6.07) is 1.89. The first kappa shape index (κ1) is 15.9. The monoisotopic (exact) mass is 317 g/mol. The van der Waals surface area contributed by atoms with Crippen molar-refractivity contribution in [1.29, 1.82) is 0 Å². The van der Waals surface area contributed by atoms with Crippen molar-refractivity contribution in [3.8, 4) is 11.4 Å². The maximum absolute atomic E-state index is 12.3. The molecule has 0 spiro atoms. The lowest BCUT2D eigenvalue weighted by Crippen LogP contribution is -2.15. The molecule has 2 unspecified atom stereocenters. The van der Waals surface area contributed by atoms with Gasteiger partial charge in [0.05, 0.1) is 12.2 Å². The summed E-state index contributed by atoms with van der Waals surface area (Å²) in [6.07, 6.45) is 4.58. The van der Waals surface area contributed by atoms with E-state index in [9.17, 15) is 4.79 Å². The van der Waals surface area contributed by atoms with E-state index in [1.807, 2.05) is 13.0 Å². The molecule has 2 heterocycles. The molecule has 1 aliphatic carbocycles. The first-order valence-corrected chi connectivity index (χ1v) is 8.14. The van der Waals surface area contributed by atoms with E-state index in [-0.39, 0.29) is 5.56 Å². The molecule has 1 fully saturated rings. The number of nitrogens with zero attached hydrogens (tertiary/aromatic N) is 2. The molecule has 2 aromatic rings. The van der Waals surface area contributed by atoms with Crippen LogP contribution in [0.5, 0.6) is 0 Å². The third-order valence-corrected chi connectivity index (χ3v) is 4.50. The summed E-state index contributed by atoms with van der Waals surface area (Å²) in [6.45, 7) is 4.44. The number of aryl methyl sites for hydroxylation is 1. The normalized spacial score (nSPS) is 21.5. The number of rotatable bonds is 4. The van der Waals surface area contributed by atoms with E-state index in [1.54, 1.807) is 7.11 Å². The van der Waals surface area contributed by atoms with Crippen LogP contribution in [-0.4, -0.2) is 22.2 Å². The van der Waals surface area contributed by atoms with Crippen molar-refractivity contribution < 1.29 is 9.26 Å². The first-order valence-electron chi connectivity index (χ1n) is 8.14. The molecule has 1 aliphatic rings. The summed E-state index contributed by atoms with van der Waals surface area (Å²) >= 11 is 0. The van der Waals surface area contributed by atoms with Gasteiger partial charge < -0.3 is 14.2 Å². The molecule has 6 nitrogen and oxygen atoms in total. The summed E-state index contributed by atoms with van der Waals surface area (Å²) in [5.41, 5.74) is 1.80. The predicted octanol–water partition coefficient (Wildman–Crippen LogP) is 3.17. The first-order chi connectivity index (χ1) is 11.1. The molecule has 0 aromatic carbocycles. The average Bonchev–Trinajstić information content (AvgIpc) is 2.96. The molecular weight excluding hydrogens is 294 g/mol. The minimum Gasteiger partial charge on any atom is -0.380 e. The standard InChI is InChI=1S/C17H23N3O3/c1-10-5-4-6-12(7-10)17-19-15(20-23-17)14-13(9-22-3)8-11(2)18-16(14)21/h8,10,12H,4-7,9H2,1-3H3,(H,18,21). The number of ether oxygens (including phenoxy) is 1. The molecule has 3 rings (SSSR count). The molecule has 23 heavy (non-hydrogen) atoms. The van der Waals surface area contributed by atoms with E-state index >= 15 is 0 Å². The van der Waals surface area contributed by atoms with Crippen LogP contribution in [0.3, 0.4) is 0 Å². The minimum absolute atomic E-state index is 0.207. The maximum Gasteiger partial charge on any atom is 0.259 e. The molecule has 0 aliphatic heterocycles. The van der Waals surface area contributed by atoms with E-state index in [4.69, 9.17) is 9.26 Å². The Hall–Kier alpha value is -1.95. The van der Waals surface area contributed by atoms with E-state index < -0.39 is 0 Å². The highest BCUT2D eigenvalue weighted by atomic mass is 16.5. The predicted molar refractivity (Wildman–Crippen MR) is 86.2 cm³/mol. The van der Waals surface area contributed by atoms with Crippen LogP contribution in [0.25, 0.3) is 11.4 Å². The van der Waals surface area contributed by atoms with Crippen LogP contribution >= 0.6 is 0 Å². The highest BCUT2D eigenvalue weighted by Gasteiger charge is 2.26. The topological polar surface area (TPSA) is 81.0 Å². The Morgan fingerprint density at radius 3 is 3.00 bits per heavy atom. The zero-order chi connectivity index (χ0) is 16.4. The van der Waals surface area contributed by atoms with Crippen LogP contribution in [0.15, 0.2) is 15.4 Å². The van der Waals surface area contributed by atoms with Crippen molar-refractivity contribution in [3.63, 3.8) is 0 Å². The second kappa shape index (κ2) is 6.66. The minimum atomic E-state index is -0.207. The van der Waals surface area contributed by atoms with Crippen LogP contribution in [0.2, 0.25) is 0 Å². The van der Waals surface area contributed by atoms with Crippen LogP contribution < -0.4 is 5.56 Å². The number of aromatic nitrogens is 3. The van der Waals surface area contributed by atoms with Gasteiger partial charge in [0.1, 0.15) is 0 Å². The summed E-state index contributed by atoms with van der Waals surface area (Å²) in [5.74, 6) is 1.98. The Morgan fingerprint density at radius 1 is 1.43 bits per heavy atom. The molecule has 1 saturated carbocycles. The number of aromatic amines is 1. The molecule has 2 aromatic heterocycles. The lowest BCUT2D eigenvalue weighted by molar-refractivity contribution is 0.185. The number of hydrogen-bond donors (Lipinski definition) is 1. The van der Waals surface area contributed by atoms with Crippen LogP contribution in [0.4, 0.5) is 0 Å². The quantitative estimate of drug-likeness (QED) is 0.936. The fourth-order valence-corrected chi connectivity index (χ4v) is 3.43. The molecule has 0 saturated heterocycles. The lowest BCUT2D eigenvalue weighted by Gasteiger charge is -2.23. The molecular formula is C17H23N3O3. The molecule has 0 amide bonds. The van der Waals surface area contributed by atoms with E-state index in [0.717, 1.165) is 24.1 Å². The second-order valence-corrected chi connectivity index (χ2v) is 6.54. The van der Waals surface area contributed by atoms with E-state index in [2.05, 4.69) is 22.0 Å². The Labute approximate surface area is 135 Å². The van der Waals surface area contributed by atoms with Crippen LogP contribution in [-0.2, 0) is 11.3 Å². The van der Waals surface area contributed by atoms with Crippen LogP contribution in [0, 0.1) is 12.8 Å². The van der Waals surface area contributed by atoms with Crippen molar-refractivity contribution in [2.45, 2.75) is 52.1 Å². The molecule has 124 valence electrons. The number of nitrogens with one attached hydrogen (secondary N) is 1. The lowest BCUT2D eigenvalue weighted by atomic mass is 9.82. The van der Waals surface area contributed by atoms with Gasteiger partial charge in [-0.15, -0.1) is 0 Å². The number of H-pyrrole nitrogens is 1. The van der Waals surface area contributed by atoms with Gasteiger partial charge in [0.15, 0.2) is 0 Å². The summed E-state index contributed by atoms with van der Waals surface area (Å²) in [5, 5.41) is 4.06. The number of methoxy groups -OCH3 is 1. The average molecular weight is 317 g/mol. The SMILES string of the molecule is COCc1cc(C)[nH]c(=O)c1-c1noc(C2CCCC(C)C2)n1. The smallest absolute Gasteiger partial charge is 0.259 e. The van der Waals surface area contributed by atoms with Gasteiger partial charge in [-0.25, -0.2) is 0 Å². The third-order valence-electron chi connectivity index (χ3n) is 4.50. The highest BCUT2D eigenvalue weighted by molar-refractivity contribution is 5.58. The van der Waals surface area contributed by atoms with Crippen molar-refractivity contribution in [1.82, 2.24) is 15.1 Å². The fraction of sp³-hybridized carbons (Fsp3) is 0.588. The van der Waals surface area contributed by atoms with Gasteiger partial charge in [-0.2, -0.15) is 4.98 Å². The Morgan fingerprint density at radius 2 is 2.26 bits per heavy atom. The molecule has 0 bridgehead atoms. The van der Waals surface area contributed by atoms with Crippen molar-refractivity contribution in [2.75, 3.05) is 7.11 Å². The Bertz CT molecular complexity index is 735. The molecule has 1 N–H and O–H groups in total. The summed E-state index contributed by atoms with van der Waals surface area (Å²) in [4.78, 5) is 19.7. The van der Waals surface area contributed by atoms with Gasteiger partial charge in [-0.3, -0.25) is 4.79 Å². The molecule has 0 radical (unpaired) electrons. The fourth-order valence-electron chi connectivity index (χ4n) is 3.43. The highest BCUT2D eigenvalue weighted by Crippen LogP contribution is 2.35. The van der Waals surface area contributed by atoms with E-state index in [1.165, 1.54) is 12.8 Å². The number of pyridine rings is 1. The Kier molecular flexibility index (Phi) is 4.61. The van der Waals surface area contributed by atoms with Gasteiger partial charge in [0.2, 0.25) is 11.7 Å². The van der Waals surface area contributed by atoms with Crippen LogP contribution in [0.1, 0.15) is 55.7 Å². The van der Waals surface area contributed by atoms with Gasteiger partial charge in [0.25, 0.3) is 5.56 Å². The molecule has 6 heteroatoms. The molecule has 2 atom stereocenters. The van der Waals surface area contributed by atoms with Gasteiger partial charge >= 0.3 is 0 Å².